The van der Waals surface area contributed by atoms with Crippen LogP contribution in [0.5, 0.6) is 0 Å². The van der Waals surface area contributed by atoms with E-state index in [0.29, 0.717) is 13.0 Å². The van der Waals surface area contributed by atoms with Crippen LogP contribution in [-0.2, 0) is 14.3 Å². The third kappa shape index (κ3) is 4.89. The van der Waals surface area contributed by atoms with Gasteiger partial charge in [0.15, 0.2) is 11.6 Å². The first-order chi connectivity index (χ1) is 13.8. The molecule has 2 N–H and O–H groups in total. The summed E-state index contributed by atoms with van der Waals surface area (Å²) in [5, 5.41) is 5.03. The van der Waals surface area contributed by atoms with Crippen molar-refractivity contribution in [3.8, 4) is 0 Å². The number of imide groups is 1. The number of hydrogen-bond acceptors (Lipinski definition) is 5. The molecule has 1 aliphatic rings. The van der Waals surface area contributed by atoms with Crippen molar-refractivity contribution in [3.63, 3.8) is 0 Å². The number of rotatable bonds is 7. The van der Waals surface area contributed by atoms with Gasteiger partial charge in [0.05, 0.1) is 25.0 Å². The Labute approximate surface area is 166 Å². The molecule has 0 saturated carbocycles. The predicted octanol–water partition coefficient (Wildman–Crippen LogP) is 2.61. The zero-order valence-corrected chi connectivity index (χ0v) is 16.4. The number of nitrogens with one attached hydrogen (secondary N) is 2. The second kappa shape index (κ2) is 9.97. The smallest absolute Gasteiger partial charge is 0.338 e. The highest BCUT2D eigenvalue weighted by molar-refractivity contribution is 6.01. The molecule has 1 aliphatic heterocycles. The van der Waals surface area contributed by atoms with Gasteiger partial charge in [-0.1, -0.05) is 19.4 Å². The van der Waals surface area contributed by atoms with Crippen LogP contribution in [0.25, 0.3) is 0 Å². The standard InChI is InChI=1S/C19H23F2N3O5/c1-4-5-8-22-18(26)24-16(11-6-7-12(20)13(21)9-11)15(17(25)29-3)14(10-28-2)23-19(24)27/h6-7,9,16H,4-5,8,10H2,1-3H3,(H,22,26)(H,23,27). The van der Waals surface area contributed by atoms with Crippen molar-refractivity contribution < 1.29 is 32.6 Å². The monoisotopic (exact) mass is 411 g/mol. The Hall–Kier alpha value is -3.01. The molecule has 2 rings (SSSR count). The number of hydrogen-bond donors (Lipinski definition) is 2. The number of methoxy groups -OCH3 is 2. The maximum absolute atomic E-state index is 13.9. The van der Waals surface area contributed by atoms with Gasteiger partial charge >= 0.3 is 18.0 Å². The largest absolute Gasteiger partial charge is 0.466 e. The molecule has 1 aromatic carbocycles. The third-order valence-electron chi connectivity index (χ3n) is 4.31. The zero-order chi connectivity index (χ0) is 21.6. The van der Waals surface area contributed by atoms with Crippen LogP contribution >= 0.6 is 0 Å². The molecule has 0 aliphatic carbocycles. The molecule has 1 heterocycles. The number of urea groups is 2. The van der Waals surface area contributed by atoms with Crippen molar-refractivity contribution in [1.82, 2.24) is 15.5 Å². The summed E-state index contributed by atoms with van der Waals surface area (Å²) in [4.78, 5) is 38.7. The second-order valence-corrected chi connectivity index (χ2v) is 6.28. The number of unbranched alkanes of at least 4 members (excludes halogenated alkanes) is 1. The van der Waals surface area contributed by atoms with Gasteiger partial charge in [-0.3, -0.25) is 0 Å². The van der Waals surface area contributed by atoms with Crippen LogP contribution in [-0.4, -0.2) is 50.3 Å². The average molecular weight is 411 g/mol. The minimum atomic E-state index is -1.34. The van der Waals surface area contributed by atoms with E-state index in [1.165, 1.54) is 13.2 Å². The van der Waals surface area contributed by atoms with E-state index in [9.17, 15) is 23.2 Å². The lowest BCUT2D eigenvalue weighted by atomic mass is 9.93. The Morgan fingerprint density at radius 1 is 1.24 bits per heavy atom. The van der Waals surface area contributed by atoms with E-state index < -0.39 is 35.7 Å². The topological polar surface area (TPSA) is 97.0 Å². The van der Waals surface area contributed by atoms with E-state index >= 15 is 0 Å². The lowest BCUT2D eigenvalue weighted by molar-refractivity contribution is -0.137. The highest BCUT2D eigenvalue weighted by Gasteiger charge is 2.43. The van der Waals surface area contributed by atoms with Gasteiger partial charge in [0.25, 0.3) is 0 Å². The highest BCUT2D eigenvalue weighted by atomic mass is 19.2. The van der Waals surface area contributed by atoms with Crippen molar-refractivity contribution in [2.45, 2.75) is 25.8 Å². The molecule has 0 radical (unpaired) electrons. The fraction of sp³-hybridized carbons (Fsp3) is 0.421. The van der Waals surface area contributed by atoms with E-state index in [4.69, 9.17) is 9.47 Å². The third-order valence-corrected chi connectivity index (χ3v) is 4.31. The van der Waals surface area contributed by atoms with E-state index in [0.717, 1.165) is 30.6 Å². The molecule has 1 atom stereocenters. The molecule has 0 aromatic heterocycles. The molecule has 4 amide bonds. The van der Waals surface area contributed by atoms with Gasteiger partial charge in [0, 0.05) is 13.7 Å². The molecule has 10 heteroatoms. The van der Waals surface area contributed by atoms with Gasteiger partial charge in [0.2, 0.25) is 0 Å². The first-order valence-electron chi connectivity index (χ1n) is 8.98. The summed E-state index contributed by atoms with van der Waals surface area (Å²) in [6.07, 6.45) is 1.48. The van der Waals surface area contributed by atoms with Gasteiger partial charge < -0.3 is 20.1 Å². The maximum atomic E-state index is 13.9. The van der Waals surface area contributed by atoms with Crippen LogP contribution in [0.3, 0.4) is 0 Å². The van der Waals surface area contributed by atoms with Gasteiger partial charge in [-0.15, -0.1) is 0 Å². The molecule has 0 fully saturated rings. The number of benzene rings is 1. The number of amides is 4. The van der Waals surface area contributed by atoms with Crippen LogP contribution in [0.4, 0.5) is 18.4 Å². The minimum Gasteiger partial charge on any atom is -0.466 e. The summed E-state index contributed by atoms with van der Waals surface area (Å²) in [5.74, 6) is -3.14. The van der Waals surface area contributed by atoms with Crippen LogP contribution in [0.15, 0.2) is 29.5 Å². The zero-order valence-electron chi connectivity index (χ0n) is 16.4. The quantitative estimate of drug-likeness (QED) is 0.531. The van der Waals surface area contributed by atoms with Crippen molar-refractivity contribution in [2.75, 3.05) is 27.4 Å². The van der Waals surface area contributed by atoms with Crippen LogP contribution < -0.4 is 10.6 Å². The molecule has 158 valence electrons. The molecule has 0 saturated heterocycles. The Bertz CT molecular complexity index is 828. The predicted molar refractivity (Wildman–Crippen MR) is 98.7 cm³/mol. The van der Waals surface area contributed by atoms with Crippen LogP contribution in [0.1, 0.15) is 31.4 Å². The number of carbonyl (C=O) groups is 3. The highest BCUT2D eigenvalue weighted by Crippen LogP contribution is 2.35. The fourth-order valence-electron chi connectivity index (χ4n) is 2.94. The molecule has 1 unspecified atom stereocenters. The van der Waals surface area contributed by atoms with Crippen molar-refractivity contribution >= 4 is 18.0 Å². The van der Waals surface area contributed by atoms with Crippen LogP contribution in [0, 0.1) is 11.6 Å². The Kier molecular flexibility index (Phi) is 7.66. The summed E-state index contributed by atoms with van der Waals surface area (Å²) >= 11 is 0. The van der Waals surface area contributed by atoms with Crippen molar-refractivity contribution in [2.24, 2.45) is 0 Å². The normalized spacial score (nSPS) is 16.5. The summed E-state index contributed by atoms with van der Waals surface area (Å²) in [6, 6.07) is -0.0791. The Balaban J connectivity index is 2.62. The van der Waals surface area contributed by atoms with Gasteiger partial charge in [0.1, 0.15) is 6.04 Å². The fourth-order valence-corrected chi connectivity index (χ4v) is 2.94. The number of esters is 1. The Morgan fingerprint density at radius 2 is 1.97 bits per heavy atom. The van der Waals surface area contributed by atoms with Crippen molar-refractivity contribution in [3.05, 3.63) is 46.7 Å². The van der Waals surface area contributed by atoms with Gasteiger partial charge in [-0.2, -0.15) is 0 Å². The molecule has 8 nitrogen and oxygen atoms in total. The van der Waals surface area contributed by atoms with E-state index in [1.54, 1.807) is 0 Å². The Morgan fingerprint density at radius 3 is 2.55 bits per heavy atom. The lowest BCUT2D eigenvalue weighted by Crippen LogP contribution is -2.55. The minimum absolute atomic E-state index is 0.0263. The lowest BCUT2D eigenvalue weighted by Gasteiger charge is -2.36. The number of ether oxygens (including phenoxy) is 2. The average Bonchev–Trinajstić information content (AvgIpc) is 2.69. The molecule has 29 heavy (non-hydrogen) atoms. The summed E-state index contributed by atoms with van der Waals surface area (Å²) in [5.41, 5.74) is -0.0271. The molecular formula is C19H23F2N3O5. The van der Waals surface area contributed by atoms with Gasteiger partial charge in [-0.05, 0) is 24.1 Å². The number of carbonyl (C=O) groups excluding carboxylic acids is 3. The number of nitrogens with zero attached hydrogens (tertiary/aromatic N) is 1. The van der Waals surface area contributed by atoms with Gasteiger partial charge in [-0.25, -0.2) is 28.1 Å². The van der Waals surface area contributed by atoms with E-state index in [-0.39, 0.29) is 23.4 Å². The summed E-state index contributed by atoms with van der Waals surface area (Å²) in [7, 11) is 2.48. The second-order valence-electron chi connectivity index (χ2n) is 6.28. The maximum Gasteiger partial charge on any atom is 0.338 e. The summed E-state index contributed by atoms with van der Waals surface area (Å²) in [6.45, 7) is 2.06. The first kappa shape index (κ1) is 22.3. The SMILES string of the molecule is CCCCNC(=O)N1C(=O)NC(COC)=C(C(=O)OC)C1c1ccc(F)c(F)c1. The van der Waals surface area contributed by atoms with E-state index in [2.05, 4.69) is 10.6 Å². The van der Waals surface area contributed by atoms with E-state index in [1.807, 2.05) is 6.92 Å². The molecule has 1 aromatic rings. The van der Waals surface area contributed by atoms with Crippen molar-refractivity contribution in [1.29, 1.82) is 0 Å². The summed E-state index contributed by atoms with van der Waals surface area (Å²) < 4.78 is 37.2. The first-order valence-corrected chi connectivity index (χ1v) is 8.98. The molecule has 0 bridgehead atoms. The molecule has 0 spiro atoms. The number of halogens is 2. The molecular weight excluding hydrogens is 388 g/mol. The van der Waals surface area contributed by atoms with Crippen LogP contribution in [0.2, 0.25) is 0 Å².